The highest BCUT2D eigenvalue weighted by Crippen LogP contribution is 2.31. The molecule has 0 aliphatic carbocycles. The molecule has 2 aromatic heterocycles. The van der Waals surface area contributed by atoms with Crippen molar-refractivity contribution in [3.63, 3.8) is 0 Å². The topological polar surface area (TPSA) is 92.2 Å². The van der Waals surface area contributed by atoms with E-state index in [1.54, 1.807) is 0 Å². The zero-order valence-corrected chi connectivity index (χ0v) is 14.3. The van der Waals surface area contributed by atoms with Gasteiger partial charge in [0.2, 0.25) is 0 Å². The first-order chi connectivity index (χ1) is 12.4. The van der Waals surface area contributed by atoms with Gasteiger partial charge < -0.3 is 10.4 Å². The van der Waals surface area contributed by atoms with Gasteiger partial charge in [0.05, 0.1) is 23.0 Å². The highest BCUT2D eigenvalue weighted by molar-refractivity contribution is 7.11. The molecule has 0 aromatic carbocycles. The first-order valence-electron chi connectivity index (χ1n) is 7.18. The Kier molecular flexibility index (Phi) is 6.07. The molecule has 0 aliphatic rings. The number of aromatic carboxylic acids is 1. The summed E-state index contributed by atoms with van der Waals surface area (Å²) in [7, 11) is 0. The second-order valence-corrected chi connectivity index (χ2v) is 5.64. The number of hydrogen-bond donors (Lipinski definition) is 2. The van der Waals surface area contributed by atoms with E-state index >= 15 is 0 Å². The second kappa shape index (κ2) is 8.26. The molecule has 2 aromatic rings. The van der Waals surface area contributed by atoms with Crippen molar-refractivity contribution in [3.05, 3.63) is 70.5 Å². The van der Waals surface area contributed by atoms with E-state index in [0.717, 1.165) is 23.5 Å². The third kappa shape index (κ3) is 4.06. The maximum atomic E-state index is 13.9. The van der Waals surface area contributed by atoms with Gasteiger partial charge in [-0.15, -0.1) is 11.3 Å². The van der Waals surface area contributed by atoms with Crippen LogP contribution in [0.5, 0.6) is 0 Å². The van der Waals surface area contributed by atoms with Gasteiger partial charge >= 0.3 is 5.97 Å². The monoisotopic (exact) mass is 377 g/mol. The fraction of sp³-hybridized carbons (Fsp3) is 0.0588. The Morgan fingerprint density at radius 1 is 1.38 bits per heavy atom. The van der Waals surface area contributed by atoms with Crippen molar-refractivity contribution in [1.82, 2.24) is 9.97 Å². The lowest BCUT2D eigenvalue weighted by molar-refractivity contribution is 0.0698. The summed E-state index contributed by atoms with van der Waals surface area (Å²) in [4.78, 5) is 31.1. The lowest BCUT2D eigenvalue weighted by Crippen LogP contribution is -2.15. The Labute approximate surface area is 151 Å². The maximum absolute atomic E-state index is 13.9. The highest BCUT2D eigenvalue weighted by Gasteiger charge is 2.20. The molecule has 134 valence electrons. The molecule has 26 heavy (non-hydrogen) atoms. The number of halogens is 2. The average Bonchev–Trinajstić information content (AvgIpc) is 3.11. The highest BCUT2D eigenvalue weighted by atomic mass is 32.1. The van der Waals surface area contributed by atoms with Crippen LogP contribution in [0, 0.1) is 0 Å². The van der Waals surface area contributed by atoms with E-state index < -0.39 is 29.1 Å². The van der Waals surface area contributed by atoms with Crippen molar-refractivity contribution in [2.45, 2.75) is 6.92 Å². The normalized spacial score (nSPS) is 12.3. The number of carbonyl (C=O) groups is 2. The molecule has 0 fully saturated rings. The number of aromatic nitrogens is 2. The van der Waals surface area contributed by atoms with Crippen LogP contribution < -0.4 is 5.32 Å². The van der Waals surface area contributed by atoms with E-state index in [-0.39, 0.29) is 22.0 Å². The number of rotatable bonds is 6. The van der Waals surface area contributed by atoms with Crippen LogP contribution in [-0.2, 0) is 0 Å². The first kappa shape index (κ1) is 19.1. The fourth-order valence-corrected chi connectivity index (χ4v) is 2.77. The van der Waals surface area contributed by atoms with Crippen LogP contribution in [0.1, 0.15) is 32.8 Å². The van der Waals surface area contributed by atoms with Gasteiger partial charge in [-0.3, -0.25) is 9.78 Å². The van der Waals surface area contributed by atoms with Gasteiger partial charge in [0.25, 0.3) is 5.91 Å². The first-order valence-corrected chi connectivity index (χ1v) is 8.06. The molecule has 0 aliphatic heterocycles. The Bertz CT molecular complexity index is 935. The van der Waals surface area contributed by atoms with Gasteiger partial charge in [-0.25, -0.2) is 18.6 Å². The van der Waals surface area contributed by atoms with Gasteiger partial charge in [-0.1, -0.05) is 12.7 Å². The van der Waals surface area contributed by atoms with Gasteiger partial charge in [0.1, 0.15) is 22.4 Å². The Morgan fingerprint density at radius 2 is 2.12 bits per heavy atom. The van der Waals surface area contributed by atoms with E-state index in [0.29, 0.717) is 0 Å². The van der Waals surface area contributed by atoms with Crippen LogP contribution in [0.25, 0.3) is 5.57 Å². The summed E-state index contributed by atoms with van der Waals surface area (Å²) in [6.45, 7) is 4.65. The number of nitrogens with zero attached hydrogens (tertiary/aromatic N) is 2. The van der Waals surface area contributed by atoms with Gasteiger partial charge in [-0.2, -0.15) is 0 Å². The molecular weight excluding hydrogens is 364 g/mol. The number of carbonyl (C=O) groups excluding carboxylic acids is 1. The molecule has 6 nitrogen and oxygen atoms in total. The number of nitrogens with one attached hydrogen (secondary N) is 1. The summed E-state index contributed by atoms with van der Waals surface area (Å²) in [5.74, 6) is -3.73. The molecular formula is C17H13F2N3O3S. The summed E-state index contributed by atoms with van der Waals surface area (Å²) < 4.78 is 27.8. The molecule has 0 saturated carbocycles. The maximum Gasteiger partial charge on any atom is 0.337 e. The number of carboxylic acids is 1. The quantitative estimate of drug-likeness (QED) is 0.735. The molecule has 1 amide bonds. The summed E-state index contributed by atoms with van der Waals surface area (Å²) >= 11 is 0.864. The van der Waals surface area contributed by atoms with Crippen molar-refractivity contribution < 1.29 is 23.5 Å². The number of carboxylic acid groups (broad SMARTS) is 1. The summed E-state index contributed by atoms with van der Waals surface area (Å²) in [5, 5.41) is 12.7. The van der Waals surface area contributed by atoms with E-state index in [4.69, 9.17) is 5.11 Å². The summed E-state index contributed by atoms with van der Waals surface area (Å²) in [6, 6.07) is 1.23. The molecule has 2 N–H and O–H groups in total. The molecule has 0 spiro atoms. The Balaban J connectivity index is 2.34. The Morgan fingerprint density at radius 3 is 2.73 bits per heavy atom. The SMILES string of the molecule is C=C/C(F)=C(\C(F)=C/C)c1nc(C(=O)Nc2cnccc2C(=O)O)cs1. The smallest absolute Gasteiger partial charge is 0.337 e. The van der Waals surface area contributed by atoms with Crippen molar-refractivity contribution in [2.75, 3.05) is 5.32 Å². The van der Waals surface area contributed by atoms with Crippen LogP contribution in [0.15, 0.2) is 54.2 Å². The predicted molar refractivity (Wildman–Crippen MR) is 94.4 cm³/mol. The molecule has 0 unspecified atom stereocenters. The van der Waals surface area contributed by atoms with Crippen LogP contribution >= 0.6 is 11.3 Å². The third-order valence-corrected chi connectivity index (χ3v) is 4.02. The molecule has 2 rings (SSSR count). The molecule has 0 bridgehead atoms. The zero-order chi connectivity index (χ0) is 19.3. The fourth-order valence-electron chi connectivity index (χ4n) is 1.92. The van der Waals surface area contributed by atoms with Crippen molar-refractivity contribution in [2.24, 2.45) is 0 Å². The van der Waals surface area contributed by atoms with Crippen LogP contribution in [-0.4, -0.2) is 27.0 Å². The molecule has 0 radical (unpaired) electrons. The third-order valence-electron chi connectivity index (χ3n) is 3.16. The van der Waals surface area contributed by atoms with Crippen molar-refractivity contribution in [3.8, 4) is 0 Å². The van der Waals surface area contributed by atoms with Crippen molar-refractivity contribution in [1.29, 1.82) is 0 Å². The minimum absolute atomic E-state index is 0.0211. The van der Waals surface area contributed by atoms with E-state index in [2.05, 4.69) is 21.9 Å². The van der Waals surface area contributed by atoms with E-state index in [9.17, 15) is 18.4 Å². The number of allylic oxidation sites excluding steroid dienone is 5. The van der Waals surface area contributed by atoms with Crippen LogP contribution in [0.3, 0.4) is 0 Å². The minimum atomic E-state index is -1.24. The van der Waals surface area contributed by atoms with Crippen LogP contribution in [0.4, 0.5) is 14.5 Å². The van der Waals surface area contributed by atoms with Crippen molar-refractivity contribution >= 4 is 34.5 Å². The summed E-state index contributed by atoms with van der Waals surface area (Å²) in [5.41, 5.74) is -0.697. The lowest BCUT2D eigenvalue weighted by Gasteiger charge is -2.06. The number of hydrogen-bond acceptors (Lipinski definition) is 5. The zero-order valence-electron chi connectivity index (χ0n) is 13.5. The Hall–Kier alpha value is -3.20. The number of anilines is 1. The minimum Gasteiger partial charge on any atom is -0.478 e. The lowest BCUT2D eigenvalue weighted by atomic mass is 10.2. The molecule has 0 saturated heterocycles. The average molecular weight is 377 g/mol. The van der Waals surface area contributed by atoms with Crippen LogP contribution in [0.2, 0.25) is 0 Å². The molecule has 0 atom stereocenters. The van der Waals surface area contributed by atoms with E-state index in [1.807, 2.05) is 0 Å². The predicted octanol–water partition coefficient (Wildman–Crippen LogP) is 4.23. The summed E-state index contributed by atoms with van der Waals surface area (Å²) in [6.07, 6.45) is 4.36. The number of pyridine rings is 1. The molecule has 9 heteroatoms. The number of amides is 1. The number of thiazole rings is 1. The van der Waals surface area contributed by atoms with Gasteiger partial charge in [0, 0.05) is 11.6 Å². The molecule has 2 heterocycles. The van der Waals surface area contributed by atoms with E-state index in [1.165, 1.54) is 30.8 Å². The second-order valence-electron chi connectivity index (χ2n) is 4.78. The van der Waals surface area contributed by atoms with Gasteiger partial charge in [0.15, 0.2) is 0 Å². The van der Waals surface area contributed by atoms with Gasteiger partial charge in [-0.05, 0) is 19.1 Å². The standard InChI is InChI=1S/C17H13F2N3O3S/c1-3-10(18)14(11(19)4-2)16-22-13(8-26-16)15(23)21-12-7-20-6-5-9(12)17(24)25/h3-8H,1H2,2H3,(H,21,23)(H,24,25)/b11-4+,14-10-. The largest absolute Gasteiger partial charge is 0.478 e.